The molecule has 1 atom stereocenters. The van der Waals surface area contributed by atoms with Gasteiger partial charge in [0.2, 0.25) is 5.91 Å². The highest BCUT2D eigenvalue weighted by atomic mass is 32.2. The fourth-order valence-electron chi connectivity index (χ4n) is 3.54. The fraction of sp³-hybridized carbons (Fsp3) is 0.227. The number of hydrogen-bond donors (Lipinski definition) is 1. The second-order valence-corrected chi connectivity index (χ2v) is 7.65. The Bertz CT molecular complexity index is 1090. The van der Waals surface area contributed by atoms with Crippen molar-refractivity contribution in [3.05, 3.63) is 81.6 Å². The Labute approximate surface area is 172 Å². The average Bonchev–Trinajstić information content (AvgIpc) is 2.75. The van der Waals surface area contributed by atoms with Gasteiger partial charge in [0.25, 0.3) is 5.56 Å². The van der Waals surface area contributed by atoms with Crippen molar-refractivity contribution < 1.29 is 9.53 Å². The Morgan fingerprint density at radius 2 is 1.86 bits per heavy atom. The number of anilines is 1. The molecule has 1 aliphatic rings. The van der Waals surface area contributed by atoms with Gasteiger partial charge in [-0.3, -0.25) is 9.59 Å². The van der Waals surface area contributed by atoms with Crippen molar-refractivity contribution in [3.63, 3.8) is 0 Å². The van der Waals surface area contributed by atoms with E-state index in [0.717, 1.165) is 16.9 Å². The molecular formula is C22H21N3O3S. The minimum atomic E-state index is -0.330. The zero-order valence-electron chi connectivity index (χ0n) is 16.2. The average molecular weight is 407 g/mol. The van der Waals surface area contributed by atoms with E-state index in [4.69, 9.17) is 4.74 Å². The molecule has 3 aromatic rings. The van der Waals surface area contributed by atoms with Crippen molar-refractivity contribution in [2.45, 2.75) is 24.1 Å². The minimum Gasteiger partial charge on any atom is -0.489 e. The number of carbonyl (C=O) groups is 1. The van der Waals surface area contributed by atoms with Crippen LogP contribution in [0.4, 0.5) is 5.82 Å². The van der Waals surface area contributed by atoms with Gasteiger partial charge in [-0.05, 0) is 29.5 Å². The van der Waals surface area contributed by atoms with Gasteiger partial charge in [0, 0.05) is 19.4 Å². The van der Waals surface area contributed by atoms with Gasteiger partial charge in [0.15, 0.2) is 5.16 Å². The van der Waals surface area contributed by atoms with Crippen LogP contribution in [0, 0.1) is 0 Å². The largest absolute Gasteiger partial charge is 0.489 e. The molecular weight excluding hydrogens is 386 g/mol. The third kappa shape index (κ3) is 3.91. The molecule has 148 valence electrons. The summed E-state index contributed by atoms with van der Waals surface area (Å²) >= 11 is 1.37. The van der Waals surface area contributed by atoms with Gasteiger partial charge in [0.1, 0.15) is 18.2 Å². The molecule has 1 aromatic heterocycles. The van der Waals surface area contributed by atoms with Crippen LogP contribution < -0.4 is 15.6 Å². The molecule has 2 aromatic carbocycles. The van der Waals surface area contributed by atoms with Gasteiger partial charge < -0.3 is 14.6 Å². The van der Waals surface area contributed by atoms with E-state index in [1.807, 2.05) is 60.9 Å². The van der Waals surface area contributed by atoms with E-state index in [-0.39, 0.29) is 23.8 Å². The van der Waals surface area contributed by atoms with Gasteiger partial charge in [-0.2, -0.15) is 4.98 Å². The molecule has 0 saturated carbocycles. The van der Waals surface area contributed by atoms with Gasteiger partial charge in [-0.15, -0.1) is 0 Å². The predicted molar refractivity (Wildman–Crippen MR) is 114 cm³/mol. The number of carbonyl (C=O) groups excluding carboxylic acids is 1. The van der Waals surface area contributed by atoms with E-state index in [1.165, 1.54) is 11.8 Å². The van der Waals surface area contributed by atoms with Gasteiger partial charge in [-0.25, -0.2) is 0 Å². The zero-order valence-corrected chi connectivity index (χ0v) is 17.0. The quantitative estimate of drug-likeness (QED) is 0.517. The van der Waals surface area contributed by atoms with Crippen molar-refractivity contribution in [2.75, 3.05) is 11.6 Å². The molecule has 6 nitrogen and oxygen atoms in total. The summed E-state index contributed by atoms with van der Waals surface area (Å²) in [6, 6.07) is 17.5. The van der Waals surface area contributed by atoms with Gasteiger partial charge >= 0.3 is 0 Å². The summed E-state index contributed by atoms with van der Waals surface area (Å²) in [4.78, 5) is 29.2. The zero-order chi connectivity index (χ0) is 20.4. The first-order valence-electron chi connectivity index (χ1n) is 9.28. The molecule has 1 aliphatic heterocycles. The number of benzene rings is 2. The fourth-order valence-corrected chi connectivity index (χ4v) is 4.08. The van der Waals surface area contributed by atoms with E-state index in [2.05, 4.69) is 10.3 Å². The summed E-state index contributed by atoms with van der Waals surface area (Å²) in [5.74, 6) is 0.825. The number of nitrogens with zero attached hydrogens (tertiary/aromatic N) is 2. The van der Waals surface area contributed by atoms with E-state index in [0.29, 0.717) is 23.1 Å². The summed E-state index contributed by atoms with van der Waals surface area (Å²) in [6.45, 7) is 0.483. The first-order valence-corrected chi connectivity index (χ1v) is 10.5. The number of ether oxygens (including phenoxy) is 1. The number of rotatable bonds is 5. The van der Waals surface area contributed by atoms with Crippen molar-refractivity contribution in [2.24, 2.45) is 7.05 Å². The van der Waals surface area contributed by atoms with E-state index in [1.54, 1.807) is 11.6 Å². The number of hydrogen-bond acceptors (Lipinski definition) is 5. The molecule has 0 bridgehead atoms. The van der Waals surface area contributed by atoms with Crippen LogP contribution in [0.1, 0.15) is 29.0 Å². The molecule has 0 spiro atoms. The molecule has 2 heterocycles. The highest BCUT2D eigenvalue weighted by Gasteiger charge is 2.31. The number of aromatic nitrogens is 2. The second kappa shape index (κ2) is 8.13. The summed E-state index contributed by atoms with van der Waals surface area (Å²) in [5, 5.41) is 3.41. The Kier molecular flexibility index (Phi) is 5.40. The van der Waals surface area contributed by atoms with Crippen molar-refractivity contribution in [3.8, 4) is 5.75 Å². The molecule has 0 aliphatic carbocycles. The number of amides is 1. The van der Waals surface area contributed by atoms with Crippen molar-refractivity contribution in [1.29, 1.82) is 0 Å². The smallest absolute Gasteiger partial charge is 0.279 e. The first kappa shape index (κ1) is 19.3. The Morgan fingerprint density at radius 1 is 1.14 bits per heavy atom. The van der Waals surface area contributed by atoms with Crippen LogP contribution in [-0.2, 0) is 18.4 Å². The lowest BCUT2D eigenvalue weighted by Crippen LogP contribution is -2.33. The number of nitrogens with one attached hydrogen (secondary N) is 1. The number of fused-ring (bicyclic) bond motifs is 1. The third-order valence-corrected chi connectivity index (χ3v) is 5.74. The molecule has 29 heavy (non-hydrogen) atoms. The van der Waals surface area contributed by atoms with Crippen LogP contribution in [0.5, 0.6) is 5.75 Å². The summed E-state index contributed by atoms with van der Waals surface area (Å²) in [6.07, 6.45) is 2.07. The molecule has 1 amide bonds. The highest BCUT2D eigenvalue weighted by Crippen LogP contribution is 2.36. The highest BCUT2D eigenvalue weighted by molar-refractivity contribution is 7.98. The molecule has 0 saturated heterocycles. The second-order valence-electron chi connectivity index (χ2n) is 6.87. The SMILES string of the molecule is CSc1nc(=O)c2c(n1C)NC(=O)CC2c1ccc(OCc2ccccc2)cc1. The molecule has 0 radical (unpaired) electrons. The molecule has 1 unspecified atom stereocenters. The van der Waals surface area contributed by atoms with Crippen LogP contribution >= 0.6 is 11.8 Å². The van der Waals surface area contributed by atoms with Crippen molar-refractivity contribution >= 4 is 23.5 Å². The maximum atomic E-state index is 12.7. The van der Waals surface area contributed by atoms with Crippen LogP contribution in [0.3, 0.4) is 0 Å². The van der Waals surface area contributed by atoms with E-state index >= 15 is 0 Å². The van der Waals surface area contributed by atoms with Gasteiger partial charge in [0.05, 0.1) is 5.56 Å². The summed E-state index contributed by atoms with van der Waals surface area (Å²) < 4.78 is 7.60. The Balaban J connectivity index is 1.62. The summed E-state index contributed by atoms with van der Waals surface area (Å²) in [5.41, 5.74) is 2.22. The third-order valence-electron chi connectivity index (χ3n) is 5.01. The van der Waals surface area contributed by atoms with Crippen molar-refractivity contribution in [1.82, 2.24) is 9.55 Å². The van der Waals surface area contributed by atoms with Gasteiger partial charge in [-0.1, -0.05) is 54.2 Å². The molecule has 7 heteroatoms. The lowest BCUT2D eigenvalue weighted by atomic mass is 9.87. The normalized spacial score (nSPS) is 15.5. The first-order chi connectivity index (χ1) is 14.1. The van der Waals surface area contributed by atoms with Crippen LogP contribution in [0.15, 0.2) is 64.5 Å². The Morgan fingerprint density at radius 3 is 2.55 bits per heavy atom. The number of thioether (sulfide) groups is 1. The topological polar surface area (TPSA) is 73.2 Å². The maximum Gasteiger partial charge on any atom is 0.279 e. The van der Waals surface area contributed by atoms with Crippen LogP contribution in [0.25, 0.3) is 0 Å². The monoisotopic (exact) mass is 407 g/mol. The summed E-state index contributed by atoms with van der Waals surface area (Å²) in [7, 11) is 1.81. The Hall–Kier alpha value is -3.06. The minimum absolute atomic E-state index is 0.111. The van der Waals surface area contributed by atoms with E-state index < -0.39 is 0 Å². The van der Waals surface area contributed by atoms with Crippen LogP contribution in [-0.4, -0.2) is 21.7 Å². The predicted octanol–water partition coefficient (Wildman–Crippen LogP) is 3.56. The lowest BCUT2D eigenvalue weighted by molar-refractivity contribution is -0.116. The molecule has 4 rings (SSSR count). The molecule has 1 N–H and O–H groups in total. The standard InChI is InChI=1S/C22H21N3O3S/c1-25-20-19(21(27)24-22(25)29-2)17(12-18(26)23-20)15-8-10-16(11-9-15)28-13-14-6-4-3-5-7-14/h3-11,17H,12-13H2,1-2H3,(H,23,26). The molecule has 0 fully saturated rings. The maximum absolute atomic E-state index is 12.7. The van der Waals surface area contributed by atoms with E-state index in [9.17, 15) is 9.59 Å². The van der Waals surface area contributed by atoms with Crippen LogP contribution in [0.2, 0.25) is 0 Å². The lowest BCUT2D eigenvalue weighted by Gasteiger charge is -2.27.